The Kier molecular flexibility index (Phi) is 6.32. The van der Waals surface area contributed by atoms with Crippen LogP contribution < -0.4 is 15.8 Å². The van der Waals surface area contributed by atoms with E-state index in [9.17, 15) is 13.2 Å². The molecule has 0 radical (unpaired) electrons. The zero-order valence-corrected chi connectivity index (χ0v) is 15.9. The molecular formula is C19H29N3O3S. The monoisotopic (exact) mass is 379 g/mol. The second-order valence-corrected chi connectivity index (χ2v) is 9.30. The number of rotatable bonds is 8. The third-order valence-electron chi connectivity index (χ3n) is 5.45. The first-order valence-corrected chi connectivity index (χ1v) is 11.1. The predicted octanol–water partition coefficient (Wildman–Crippen LogP) is 2.01. The van der Waals surface area contributed by atoms with Crippen LogP contribution in [0.3, 0.4) is 0 Å². The Morgan fingerprint density at radius 1 is 1.15 bits per heavy atom. The van der Waals surface area contributed by atoms with Gasteiger partial charge in [0.1, 0.15) is 0 Å². The minimum absolute atomic E-state index is 0.0592. The van der Waals surface area contributed by atoms with Crippen LogP contribution in [0.15, 0.2) is 29.2 Å². The Balaban J connectivity index is 1.66. The molecule has 1 amide bonds. The molecule has 0 aromatic heterocycles. The Labute approximate surface area is 156 Å². The van der Waals surface area contributed by atoms with Crippen molar-refractivity contribution < 1.29 is 13.2 Å². The van der Waals surface area contributed by atoms with Crippen LogP contribution in [-0.2, 0) is 10.0 Å². The molecule has 0 aliphatic heterocycles. The lowest BCUT2D eigenvalue weighted by Gasteiger charge is -2.30. The molecule has 7 heteroatoms. The van der Waals surface area contributed by atoms with E-state index in [0.29, 0.717) is 30.5 Å². The first kappa shape index (κ1) is 19.3. The summed E-state index contributed by atoms with van der Waals surface area (Å²) in [5, 5.41) is 3.01. The number of nitrogens with one attached hydrogen (secondary N) is 2. The van der Waals surface area contributed by atoms with E-state index < -0.39 is 10.0 Å². The summed E-state index contributed by atoms with van der Waals surface area (Å²) >= 11 is 0. The highest BCUT2D eigenvalue weighted by Crippen LogP contribution is 2.28. The van der Waals surface area contributed by atoms with Crippen LogP contribution in [0.2, 0.25) is 0 Å². The SMILES string of the molecule is NCC(NC(=O)c1cccc(S(=O)(=O)NCC2CC2)c1)C1CCCCC1. The molecule has 1 unspecified atom stereocenters. The maximum absolute atomic E-state index is 12.6. The van der Waals surface area contributed by atoms with Crippen LogP contribution >= 0.6 is 0 Å². The van der Waals surface area contributed by atoms with Crippen LogP contribution in [0.4, 0.5) is 0 Å². The molecule has 2 fully saturated rings. The van der Waals surface area contributed by atoms with E-state index in [1.165, 1.54) is 31.4 Å². The first-order valence-electron chi connectivity index (χ1n) is 9.60. The van der Waals surface area contributed by atoms with Crippen LogP contribution in [-0.4, -0.2) is 33.5 Å². The van der Waals surface area contributed by atoms with Crippen molar-refractivity contribution in [1.29, 1.82) is 0 Å². The van der Waals surface area contributed by atoms with Crippen molar-refractivity contribution in [3.05, 3.63) is 29.8 Å². The molecule has 1 aromatic carbocycles. The number of amides is 1. The van der Waals surface area contributed by atoms with Crippen molar-refractivity contribution in [1.82, 2.24) is 10.0 Å². The number of benzene rings is 1. The average molecular weight is 380 g/mol. The van der Waals surface area contributed by atoms with E-state index in [1.54, 1.807) is 12.1 Å². The summed E-state index contributed by atoms with van der Waals surface area (Å²) in [6, 6.07) is 6.16. The summed E-state index contributed by atoms with van der Waals surface area (Å²) in [6.07, 6.45) is 7.92. The fraction of sp³-hybridized carbons (Fsp3) is 0.632. The number of hydrogen-bond acceptors (Lipinski definition) is 4. The number of sulfonamides is 1. The smallest absolute Gasteiger partial charge is 0.251 e. The molecule has 0 bridgehead atoms. The Bertz CT molecular complexity index is 725. The highest BCUT2D eigenvalue weighted by atomic mass is 32.2. The van der Waals surface area contributed by atoms with Gasteiger partial charge >= 0.3 is 0 Å². The minimum Gasteiger partial charge on any atom is -0.348 e. The fourth-order valence-corrected chi connectivity index (χ4v) is 4.76. The second kappa shape index (κ2) is 8.50. The third kappa shape index (κ3) is 5.05. The van der Waals surface area contributed by atoms with Crippen molar-refractivity contribution in [3.8, 4) is 0 Å². The van der Waals surface area contributed by atoms with Gasteiger partial charge in [-0.05, 0) is 55.7 Å². The average Bonchev–Trinajstić information content (AvgIpc) is 3.50. The Morgan fingerprint density at radius 3 is 2.54 bits per heavy atom. The van der Waals surface area contributed by atoms with E-state index >= 15 is 0 Å². The second-order valence-electron chi connectivity index (χ2n) is 7.54. The molecule has 2 aliphatic rings. The third-order valence-corrected chi connectivity index (χ3v) is 6.88. The molecule has 2 aliphatic carbocycles. The highest BCUT2D eigenvalue weighted by molar-refractivity contribution is 7.89. The molecule has 0 heterocycles. The van der Waals surface area contributed by atoms with Crippen molar-refractivity contribution in [2.24, 2.45) is 17.6 Å². The van der Waals surface area contributed by atoms with Gasteiger partial charge in [-0.25, -0.2) is 13.1 Å². The quantitative estimate of drug-likeness (QED) is 0.643. The number of hydrogen-bond donors (Lipinski definition) is 3. The zero-order chi connectivity index (χ0) is 18.6. The number of nitrogens with two attached hydrogens (primary N) is 1. The minimum atomic E-state index is -3.58. The molecule has 6 nitrogen and oxygen atoms in total. The van der Waals surface area contributed by atoms with E-state index in [-0.39, 0.29) is 16.8 Å². The van der Waals surface area contributed by atoms with Gasteiger partial charge in [0.2, 0.25) is 10.0 Å². The molecule has 4 N–H and O–H groups in total. The van der Waals surface area contributed by atoms with Crippen molar-refractivity contribution in [3.63, 3.8) is 0 Å². The molecule has 3 rings (SSSR count). The fourth-order valence-electron chi connectivity index (χ4n) is 3.59. The maximum atomic E-state index is 12.6. The molecule has 2 saturated carbocycles. The van der Waals surface area contributed by atoms with E-state index in [4.69, 9.17) is 5.73 Å². The van der Waals surface area contributed by atoms with E-state index in [0.717, 1.165) is 25.7 Å². The Morgan fingerprint density at radius 2 is 1.88 bits per heavy atom. The number of carbonyl (C=O) groups excluding carboxylic acids is 1. The van der Waals surface area contributed by atoms with Crippen molar-refractivity contribution in [2.45, 2.75) is 55.9 Å². The van der Waals surface area contributed by atoms with Gasteiger partial charge in [-0.2, -0.15) is 0 Å². The topological polar surface area (TPSA) is 101 Å². The molecule has 144 valence electrons. The van der Waals surface area contributed by atoms with Gasteiger partial charge in [-0.15, -0.1) is 0 Å². The van der Waals surface area contributed by atoms with E-state index in [1.807, 2.05) is 0 Å². The summed E-state index contributed by atoms with van der Waals surface area (Å²) in [7, 11) is -3.58. The lowest BCUT2D eigenvalue weighted by Crippen LogP contribution is -2.45. The zero-order valence-electron chi connectivity index (χ0n) is 15.1. The lowest BCUT2D eigenvalue weighted by molar-refractivity contribution is 0.0915. The molecule has 0 saturated heterocycles. The van der Waals surface area contributed by atoms with Crippen LogP contribution in [0.5, 0.6) is 0 Å². The lowest BCUT2D eigenvalue weighted by atomic mass is 9.84. The van der Waals surface area contributed by atoms with Gasteiger partial charge < -0.3 is 11.1 Å². The van der Waals surface area contributed by atoms with Gasteiger partial charge in [-0.3, -0.25) is 4.79 Å². The van der Waals surface area contributed by atoms with Gasteiger partial charge in [0.15, 0.2) is 0 Å². The molecular weight excluding hydrogens is 350 g/mol. The van der Waals surface area contributed by atoms with E-state index in [2.05, 4.69) is 10.0 Å². The highest BCUT2D eigenvalue weighted by Gasteiger charge is 2.26. The predicted molar refractivity (Wildman–Crippen MR) is 101 cm³/mol. The first-order chi connectivity index (χ1) is 12.5. The standard InChI is InChI=1S/C19H29N3O3S/c20-12-18(15-5-2-1-3-6-15)22-19(23)16-7-4-8-17(11-16)26(24,25)21-13-14-9-10-14/h4,7-8,11,14-15,18,21H,1-3,5-6,9-10,12-13,20H2,(H,22,23). The van der Waals surface area contributed by atoms with Crippen LogP contribution in [0.25, 0.3) is 0 Å². The normalized spacial score (nSPS) is 19.9. The maximum Gasteiger partial charge on any atom is 0.251 e. The molecule has 0 spiro atoms. The van der Waals surface area contributed by atoms with Crippen molar-refractivity contribution in [2.75, 3.05) is 13.1 Å². The summed E-state index contributed by atoms with van der Waals surface area (Å²) in [5.41, 5.74) is 6.24. The largest absolute Gasteiger partial charge is 0.348 e. The summed E-state index contributed by atoms with van der Waals surface area (Å²) < 4.78 is 27.4. The molecule has 26 heavy (non-hydrogen) atoms. The molecule has 1 atom stereocenters. The summed E-state index contributed by atoms with van der Waals surface area (Å²) in [4.78, 5) is 12.8. The van der Waals surface area contributed by atoms with Crippen LogP contribution in [0.1, 0.15) is 55.3 Å². The Hall–Kier alpha value is -1.44. The van der Waals surface area contributed by atoms with Gasteiger partial charge in [0, 0.05) is 24.7 Å². The summed E-state index contributed by atoms with van der Waals surface area (Å²) in [5.74, 6) is 0.604. The summed E-state index contributed by atoms with van der Waals surface area (Å²) in [6.45, 7) is 0.868. The van der Waals surface area contributed by atoms with Gasteiger partial charge in [0.25, 0.3) is 5.91 Å². The van der Waals surface area contributed by atoms with Gasteiger partial charge in [0.05, 0.1) is 4.90 Å². The van der Waals surface area contributed by atoms with Gasteiger partial charge in [-0.1, -0.05) is 25.3 Å². The number of carbonyl (C=O) groups is 1. The van der Waals surface area contributed by atoms with Crippen molar-refractivity contribution >= 4 is 15.9 Å². The molecule has 1 aromatic rings. The van der Waals surface area contributed by atoms with Crippen LogP contribution in [0, 0.1) is 11.8 Å².